The summed E-state index contributed by atoms with van der Waals surface area (Å²) >= 11 is 9.27. The van der Waals surface area contributed by atoms with Gasteiger partial charge in [0.1, 0.15) is 0 Å². The average Bonchev–Trinajstić information content (AvgIpc) is 3.19. The lowest BCUT2D eigenvalue weighted by atomic mass is 9.96. The number of halogens is 1. The molecule has 0 amide bonds. The van der Waals surface area contributed by atoms with Crippen LogP contribution in [0.4, 0.5) is 0 Å². The number of pyridine rings is 1. The Morgan fingerprint density at radius 2 is 1.83 bits per heavy atom. The van der Waals surface area contributed by atoms with Crippen molar-refractivity contribution < 1.29 is 0 Å². The number of nitrogens with one attached hydrogen (secondary N) is 1. The van der Waals surface area contributed by atoms with Crippen molar-refractivity contribution >= 4 is 33.3 Å². The largest absolute Gasteiger partial charge is 0.352 e. The Morgan fingerprint density at radius 1 is 1.10 bits per heavy atom. The lowest BCUT2D eigenvalue weighted by Crippen LogP contribution is -2.35. The van der Waals surface area contributed by atoms with Crippen molar-refractivity contribution in [2.45, 2.75) is 45.8 Å². The summed E-state index contributed by atoms with van der Waals surface area (Å²) in [7, 11) is 0. The van der Waals surface area contributed by atoms with Gasteiger partial charge in [0.25, 0.3) is 0 Å². The standard InChI is InChI=1S/C23H25BrN4S/c1-14(2)27-22(21(26-23(27)29)20-7-5-6-12-25-20)19-13-15(3)28(16(19)4)18-10-8-17(24)9-11-18/h5-14,21-22H,1-4H3,(H,26,29)/t21-,22+/m1/s1. The highest BCUT2D eigenvalue weighted by atomic mass is 79.9. The molecule has 1 aliphatic rings. The molecule has 0 radical (unpaired) electrons. The lowest BCUT2D eigenvalue weighted by molar-refractivity contribution is 0.269. The molecule has 1 aromatic carbocycles. The summed E-state index contributed by atoms with van der Waals surface area (Å²) in [5, 5.41) is 4.32. The van der Waals surface area contributed by atoms with Crippen molar-refractivity contribution in [3.05, 3.63) is 81.8 Å². The van der Waals surface area contributed by atoms with E-state index in [1.807, 2.05) is 18.3 Å². The minimum Gasteiger partial charge on any atom is -0.352 e. The maximum absolute atomic E-state index is 5.74. The van der Waals surface area contributed by atoms with Crippen molar-refractivity contribution in [3.8, 4) is 5.69 Å². The van der Waals surface area contributed by atoms with Gasteiger partial charge < -0.3 is 14.8 Å². The van der Waals surface area contributed by atoms with Crippen molar-refractivity contribution in [1.82, 2.24) is 19.8 Å². The molecule has 4 nitrogen and oxygen atoms in total. The third kappa shape index (κ3) is 3.60. The van der Waals surface area contributed by atoms with Crippen LogP contribution >= 0.6 is 28.1 Å². The molecule has 0 saturated carbocycles. The normalized spacial score (nSPS) is 19.1. The molecule has 0 bridgehead atoms. The Bertz CT molecular complexity index is 1030. The molecule has 0 aliphatic carbocycles. The number of rotatable bonds is 4. The first kappa shape index (κ1) is 20.1. The van der Waals surface area contributed by atoms with Crippen LogP contribution in [0.15, 0.2) is 59.2 Å². The summed E-state index contributed by atoms with van der Waals surface area (Å²) in [6, 6.07) is 17.2. The van der Waals surface area contributed by atoms with E-state index in [0.29, 0.717) is 0 Å². The number of aryl methyl sites for hydroxylation is 1. The fraction of sp³-hybridized carbons (Fsp3) is 0.304. The molecule has 1 fully saturated rings. The monoisotopic (exact) mass is 468 g/mol. The molecule has 150 valence electrons. The highest BCUT2D eigenvalue weighted by Gasteiger charge is 2.42. The smallest absolute Gasteiger partial charge is 0.170 e. The minimum atomic E-state index is 0.0185. The summed E-state index contributed by atoms with van der Waals surface area (Å²) in [4.78, 5) is 6.94. The zero-order valence-electron chi connectivity index (χ0n) is 17.1. The summed E-state index contributed by atoms with van der Waals surface area (Å²) in [5.74, 6) is 0. The second-order valence-corrected chi connectivity index (χ2v) is 9.07. The van der Waals surface area contributed by atoms with Gasteiger partial charge in [0.15, 0.2) is 5.11 Å². The number of hydrogen-bond acceptors (Lipinski definition) is 2. The van der Waals surface area contributed by atoms with Crippen LogP contribution in [0.5, 0.6) is 0 Å². The molecular weight excluding hydrogens is 444 g/mol. The van der Waals surface area contributed by atoms with Gasteiger partial charge in [0.2, 0.25) is 0 Å². The summed E-state index contributed by atoms with van der Waals surface area (Å²) < 4.78 is 3.40. The first-order chi connectivity index (χ1) is 13.9. The Labute approximate surface area is 186 Å². The fourth-order valence-corrected chi connectivity index (χ4v) is 5.04. The number of benzene rings is 1. The van der Waals surface area contributed by atoms with E-state index in [4.69, 9.17) is 12.2 Å². The first-order valence-electron chi connectivity index (χ1n) is 9.83. The SMILES string of the molecule is Cc1cc([C@H]2[C@@H](c3ccccn3)NC(=S)N2C(C)C)c(C)n1-c1ccc(Br)cc1. The van der Waals surface area contributed by atoms with Crippen LogP contribution in [0.2, 0.25) is 0 Å². The molecule has 3 aromatic rings. The van der Waals surface area contributed by atoms with Crippen molar-refractivity contribution in [2.75, 3.05) is 0 Å². The molecule has 3 heterocycles. The number of aromatic nitrogens is 2. The van der Waals surface area contributed by atoms with Crippen LogP contribution in [-0.2, 0) is 0 Å². The number of hydrogen-bond donors (Lipinski definition) is 1. The highest BCUT2D eigenvalue weighted by Crippen LogP contribution is 2.42. The van der Waals surface area contributed by atoms with Crippen LogP contribution < -0.4 is 5.32 Å². The van der Waals surface area contributed by atoms with Gasteiger partial charge in [-0.05, 0) is 87.9 Å². The molecule has 4 rings (SSSR count). The zero-order chi connectivity index (χ0) is 20.7. The number of thiocarbonyl (C=S) groups is 1. The highest BCUT2D eigenvalue weighted by molar-refractivity contribution is 9.10. The summed E-state index contributed by atoms with van der Waals surface area (Å²) in [6.07, 6.45) is 1.85. The molecule has 29 heavy (non-hydrogen) atoms. The van der Waals surface area contributed by atoms with E-state index in [0.717, 1.165) is 21.0 Å². The maximum atomic E-state index is 5.74. The van der Waals surface area contributed by atoms with Gasteiger partial charge in [0.05, 0.1) is 17.8 Å². The van der Waals surface area contributed by atoms with Gasteiger partial charge in [-0.1, -0.05) is 22.0 Å². The summed E-state index contributed by atoms with van der Waals surface area (Å²) in [6.45, 7) is 8.74. The Hall–Kier alpha value is -2.18. The molecule has 2 atom stereocenters. The average molecular weight is 469 g/mol. The van der Waals surface area contributed by atoms with E-state index >= 15 is 0 Å². The second kappa shape index (κ2) is 7.92. The Kier molecular flexibility index (Phi) is 5.49. The predicted octanol–water partition coefficient (Wildman–Crippen LogP) is 5.63. The predicted molar refractivity (Wildman–Crippen MR) is 125 cm³/mol. The molecular formula is C23H25BrN4S. The fourth-order valence-electron chi connectivity index (χ4n) is 4.33. The van der Waals surface area contributed by atoms with E-state index < -0.39 is 0 Å². The van der Waals surface area contributed by atoms with E-state index in [1.54, 1.807) is 0 Å². The molecule has 0 unspecified atom stereocenters. The van der Waals surface area contributed by atoms with Gasteiger partial charge in [-0.15, -0.1) is 0 Å². The van der Waals surface area contributed by atoms with E-state index in [-0.39, 0.29) is 18.1 Å². The lowest BCUT2D eigenvalue weighted by Gasteiger charge is -2.31. The van der Waals surface area contributed by atoms with E-state index in [9.17, 15) is 0 Å². The zero-order valence-corrected chi connectivity index (χ0v) is 19.5. The van der Waals surface area contributed by atoms with Gasteiger partial charge in [-0.3, -0.25) is 4.98 Å². The van der Waals surface area contributed by atoms with Gasteiger partial charge >= 0.3 is 0 Å². The number of nitrogens with zero attached hydrogens (tertiary/aromatic N) is 3. The van der Waals surface area contributed by atoms with Crippen LogP contribution in [0.25, 0.3) is 5.69 Å². The first-order valence-corrected chi connectivity index (χ1v) is 11.0. The van der Waals surface area contributed by atoms with Crippen molar-refractivity contribution in [3.63, 3.8) is 0 Å². The second-order valence-electron chi connectivity index (χ2n) is 7.77. The summed E-state index contributed by atoms with van der Waals surface area (Å²) in [5.41, 5.74) is 5.89. The van der Waals surface area contributed by atoms with Gasteiger partial charge in [0, 0.05) is 33.8 Å². The quantitative estimate of drug-likeness (QED) is 0.502. The molecule has 1 aliphatic heterocycles. The van der Waals surface area contributed by atoms with E-state index in [1.165, 1.54) is 17.0 Å². The Balaban J connectivity index is 1.85. The van der Waals surface area contributed by atoms with Crippen molar-refractivity contribution in [1.29, 1.82) is 0 Å². The van der Waals surface area contributed by atoms with Crippen LogP contribution in [0.3, 0.4) is 0 Å². The third-order valence-corrected chi connectivity index (χ3v) is 6.42. The third-order valence-electron chi connectivity index (χ3n) is 5.57. The van der Waals surface area contributed by atoms with Crippen LogP contribution in [-0.4, -0.2) is 25.6 Å². The molecule has 6 heteroatoms. The van der Waals surface area contributed by atoms with Crippen molar-refractivity contribution in [2.24, 2.45) is 0 Å². The minimum absolute atomic E-state index is 0.0185. The van der Waals surface area contributed by atoms with Crippen LogP contribution in [0.1, 0.15) is 48.6 Å². The molecule has 1 saturated heterocycles. The Morgan fingerprint density at radius 3 is 2.45 bits per heavy atom. The maximum Gasteiger partial charge on any atom is 0.170 e. The van der Waals surface area contributed by atoms with Crippen LogP contribution in [0, 0.1) is 13.8 Å². The van der Waals surface area contributed by atoms with Gasteiger partial charge in [-0.2, -0.15) is 0 Å². The molecule has 2 aromatic heterocycles. The van der Waals surface area contributed by atoms with E-state index in [2.05, 4.69) is 99.8 Å². The molecule has 1 N–H and O–H groups in total. The topological polar surface area (TPSA) is 33.1 Å². The molecule has 0 spiro atoms. The van der Waals surface area contributed by atoms with Gasteiger partial charge in [-0.25, -0.2) is 0 Å².